The monoisotopic (exact) mass is 315 g/mol. The predicted molar refractivity (Wildman–Crippen MR) is 81.7 cm³/mol. The Bertz CT molecular complexity index is 614. The summed E-state index contributed by atoms with van der Waals surface area (Å²) in [4.78, 5) is 0. The van der Waals surface area contributed by atoms with Crippen molar-refractivity contribution >= 4 is 27.3 Å². The van der Waals surface area contributed by atoms with E-state index < -0.39 is 0 Å². The highest BCUT2D eigenvalue weighted by Gasteiger charge is 2.06. The van der Waals surface area contributed by atoms with E-state index in [9.17, 15) is 0 Å². The van der Waals surface area contributed by atoms with Crippen LogP contribution in [-0.4, -0.2) is 0 Å². The average Bonchev–Trinajstić information content (AvgIpc) is 2.39. The van der Waals surface area contributed by atoms with Gasteiger partial charge in [0.05, 0.1) is 11.3 Å². The highest BCUT2D eigenvalue weighted by Crippen LogP contribution is 2.23. The SMILES string of the molecule is CC(Nc1ccc(C#N)c(N)c1)c1ccc(Br)cc1. The zero-order chi connectivity index (χ0) is 13.8. The lowest BCUT2D eigenvalue weighted by Gasteiger charge is -2.16. The summed E-state index contributed by atoms with van der Waals surface area (Å²) in [6, 6.07) is 15.8. The Kier molecular flexibility index (Phi) is 4.08. The summed E-state index contributed by atoms with van der Waals surface area (Å²) >= 11 is 3.42. The molecule has 19 heavy (non-hydrogen) atoms. The molecule has 3 nitrogen and oxygen atoms in total. The molecule has 0 fully saturated rings. The van der Waals surface area contributed by atoms with Gasteiger partial charge < -0.3 is 11.1 Å². The van der Waals surface area contributed by atoms with Crippen molar-refractivity contribution < 1.29 is 0 Å². The first-order valence-corrected chi connectivity index (χ1v) is 6.71. The molecule has 0 aliphatic carbocycles. The Morgan fingerprint density at radius 1 is 1.21 bits per heavy atom. The number of hydrogen-bond acceptors (Lipinski definition) is 3. The fraction of sp³-hybridized carbons (Fsp3) is 0.133. The van der Waals surface area contributed by atoms with E-state index in [1.165, 1.54) is 5.56 Å². The molecular formula is C15H14BrN3. The number of nitrogens with one attached hydrogen (secondary N) is 1. The molecule has 0 saturated heterocycles. The molecule has 0 saturated carbocycles. The molecule has 2 aromatic carbocycles. The number of nitrogens with zero attached hydrogens (tertiary/aromatic N) is 1. The van der Waals surface area contributed by atoms with E-state index in [1.54, 1.807) is 12.1 Å². The first-order valence-electron chi connectivity index (χ1n) is 5.92. The van der Waals surface area contributed by atoms with Gasteiger partial charge in [0, 0.05) is 16.2 Å². The van der Waals surface area contributed by atoms with E-state index >= 15 is 0 Å². The highest BCUT2D eigenvalue weighted by molar-refractivity contribution is 9.10. The third-order valence-corrected chi connectivity index (χ3v) is 3.45. The van der Waals surface area contributed by atoms with Crippen molar-refractivity contribution in [1.29, 1.82) is 5.26 Å². The Morgan fingerprint density at radius 3 is 2.47 bits per heavy atom. The third-order valence-electron chi connectivity index (χ3n) is 2.93. The van der Waals surface area contributed by atoms with E-state index in [0.29, 0.717) is 11.3 Å². The fourth-order valence-corrected chi connectivity index (χ4v) is 2.10. The van der Waals surface area contributed by atoms with Crippen LogP contribution in [0.3, 0.4) is 0 Å². The summed E-state index contributed by atoms with van der Waals surface area (Å²) in [6.07, 6.45) is 0. The van der Waals surface area contributed by atoms with Crippen LogP contribution in [0.25, 0.3) is 0 Å². The van der Waals surface area contributed by atoms with Crippen molar-refractivity contribution in [3.63, 3.8) is 0 Å². The zero-order valence-corrected chi connectivity index (χ0v) is 12.1. The second-order valence-electron chi connectivity index (χ2n) is 4.33. The van der Waals surface area contributed by atoms with Crippen molar-refractivity contribution in [1.82, 2.24) is 0 Å². The predicted octanol–water partition coefficient (Wildman–Crippen LogP) is 4.08. The smallest absolute Gasteiger partial charge is 0.101 e. The van der Waals surface area contributed by atoms with Gasteiger partial charge in [0.2, 0.25) is 0 Å². The van der Waals surface area contributed by atoms with Crippen LogP contribution in [0, 0.1) is 11.3 Å². The first-order chi connectivity index (χ1) is 9.10. The molecular weight excluding hydrogens is 302 g/mol. The van der Waals surface area contributed by atoms with Crippen LogP contribution in [0.5, 0.6) is 0 Å². The average molecular weight is 316 g/mol. The van der Waals surface area contributed by atoms with Crippen LogP contribution in [0.2, 0.25) is 0 Å². The Hall–Kier alpha value is -1.99. The maximum Gasteiger partial charge on any atom is 0.101 e. The third kappa shape index (κ3) is 3.27. The van der Waals surface area contributed by atoms with Gasteiger partial charge in [0.25, 0.3) is 0 Å². The van der Waals surface area contributed by atoms with Gasteiger partial charge in [-0.05, 0) is 42.8 Å². The molecule has 0 bridgehead atoms. The summed E-state index contributed by atoms with van der Waals surface area (Å²) in [5.41, 5.74) is 8.89. The van der Waals surface area contributed by atoms with E-state index in [-0.39, 0.29) is 6.04 Å². The lowest BCUT2D eigenvalue weighted by atomic mass is 10.1. The van der Waals surface area contributed by atoms with Crippen LogP contribution < -0.4 is 11.1 Å². The second kappa shape index (κ2) is 5.77. The van der Waals surface area contributed by atoms with Crippen molar-refractivity contribution in [3.05, 3.63) is 58.1 Å². The van der Waals surface area contributed by atoms with Gasteiger partial charge in [0.15, 0.2) is 0 Å². The van der Waals surface area contributed by atoms with Gasteiger partial charge in [-0.25, -0.2) is 0 Å². The number of anilines is 2. The van der Waals surface area contributed by atoms with E-state index in [0.717, 1.165) is 10.2 Å². The van der Waals surface area contributed by atoms with Crippen LogP contribution in [0.15, 0.2) is 46.9 Å². The van der Waals surface area contributed by atoms with E-state index in [1.807, 2.05) is 18.2 Å². The van der Waals surface area contributed by atoms with Gasteiger partial charge in [-0.3, -0.25) is 0 Å². The molecule has 1 atom stereocenters. The molecule has 0 radical (unpaired) electrons. The summed E-state index contributed by atoms with van der Waals surface area (Å²) in [5.74, 6) is 0. The molecule has 0 aliphatic rings. The van der Waals surface area contributed by atoms with Gasteiger partial charge in [-0.1, -0.05) is 28.1 Å². The largest absolute Gasteiger partial charge is 0.398 e. The Labute approximate surface area is 121 Å². The number of benzene rings is 2. The van der Waals surface area contributed by atoms with E-state index in [2.05, 4.69) is 46.4 Å². The molecule has 0 spiro atoms. The second-order valence-corrected chi connectivity index (χ2v) is 5.25. The molecule has 1 unspecified atom stereocenters. The van der Waals surface area contributed by atoms with Crippen molar-refractivity contribution in [3.8, 4) is 6.07 Å². The number of hydrogen-bond donors (Lipinski definition) is 2. The molecule has 3 N–H and O–H groups in total. The van der Waals surface area contributed by atoms with Gasteiger partial charge in [-0.2, -0.15) is 5.26 Å². The van der Waals surface area contributed by atoms with Gasteiger partial charge in [-0.15, -0.1) is 0 Å². The maximum absolute atomic E-state index is 8.84. The van der Waals surface area contributed by atoms with Crippen molar-refractivity contribution in [2.75, 3.05) is 11.1 Å². The van der Waals surface area contributed by atoms with Crippen LogP contribution >= 0.6 is 15.9 Å². The fourth-order valence-electron chi connectivity index (χ4n) is 1.84. The zero-order valence-electron chi connectivity index (χ0n) is 10.5. The lowest BCUT2D eigenvalue weighted by molar-refractivity contribution is 0.884. The minimum absolute atomic E-state index is 0.167. The molecule has 2 aromatic rings. The standard InChI is InChI=1S/C15H14BrN3/c1-10(11-2-5-13(16)6-3-11)19-14-7-4-12(9-17)15(18)8-14/h2-8,10,19H,18H2,1H3. The normalized spacial score (nSPS) is 11.6. The van der Waals surface area contributed by atoms with Crippen molar-refractivity contribution in [2.24, 2.45) is 0 Å². The summed E-state index contributed by atoms with van der Waals surface area (Å²) in [6.45, 7) is 2.08. The lowest BCUT2D eigenvalue weighted by Crippen LogP contribution is -2.07. The Morgan fingerprint density at radius 2 is 1.89 bits per heavy atom. The topological polar surface area (TPSA) is 61.8 Å². The van der Waals surface area contributed by atoms with Crippen LogP contribution in [0.1, 0.15) is 24.1 Å². The Balaban J connectivity index is 2.15. The van der Waals surface area contributed by atoms with Gasteiger partial charge >= 0.3 is 0 Å². The number of nitriles is 1. The first kappa shape index (κ1) is 13.4. The molecule has 0 amide bonds. The van der Waals surface area contributed by atoms with E-state index in [4.69, 9.17) is 11.0 Å². The molecule has 4 heteroatoms. The van der Waals surface area contributed by atoms with Gasteiger partial charge in [0.1, 0.15) is 6.07 Å². The number of nitrogens with two attached hydrogens (primary N) is 1. The minimum atomic E-state index is 0.167. The number of rotatable bonds is 3. The quantitative estimate of drug-likeness (QED) is 0.839. The minimum Gasteiger partial charge on any atom is -0.398 e. The summed E-state index contributed by atoms with van der Waals surface area (Å²) < 4.78 is 1.06. The maximum atomic E-state index is 8.84. The molecule has 0 aromatic heterocycles. The molecule has 2 rings (SSSR count). The molecule has 0 heterocycles. The molecule has 0 aliphatic heterocycles. The highest BCUT2D eigenvalue weighted by atomic mass is 79.9. The van der Waals surface area contributed by atoms with Crippen LogP contribution in [0.4, 0.5) is 11.4 Å². The van der Waals surface area contributed by atoms with Crippen molar-refractivity contribution in [2.45, 2.75) is 13.0 Å². The number of nitrogen functional groups attached to an aromatic ring is 1. The summed E-state index contributed by atoms with van der Waals surface area (Å²) in [5, 5.41) is 12.2. The van der Waals surface area contributed by atoms with Crippen LogP contribution in [-0.2, 0) is 0 Å². The summed E-state index contributed by atoms with van der Waals surface area (Å²) in [7, 11) is 0. The number of halogens is 1. The molecule has 96 valence electrons.